The lowest BCUT2D eigenvalue weighted by molar-refractivity contribution is -0.386. The van der Waals surface area contributed by atoms with Crippen molar-refractivity contribution >= 4 is 29.6 Å². The Kier molecular flexibility index (Phi) is 13.6. The number of carbonyl (C=O) groups excluding carboxylic acids is 4. The van der Waals surface area contributed by atoms with Crippen molar-refractivity contribution in [2.75, 3.05) is 26.9 Å². The van der Waals surface area contributed by atoms with Crippen LogP contribution < -0.4 is 0 Å². The summed E-state index contributed by atoms with van der Waals surface area (Å²) in [5.74, 6) is -1.79. The van der Waals surface area contributed by atoms with E-state index < -0.39 is 41.6 Å². The van der Waals surface area contributed by atoms with Crippen LogP contribution in [0.5, 0.6) is 0 Å². The van der Waals surface area contributed by atoms with Crippen LogP contribution in [0.2, 0.25) is 0 Å². The van der Waals surface area contributed by atoms with Crippen molar-refractivity contribution in [3.8, 4) is 0 Å². The molecule has 1 rings (SSSR count). The number of methoxy groups -OCH3 is 1. The molecular weight excluding hydrogens is 466 g/mol. The van der Waals surface area contributed by atoms with Crippen molar-refractivity contribution in [3.63, 3.8) is 0 Å². The van der Waals surface area contributed by atoms with Crippen molar-refractivity contribution in [1.29, 1.82) is 0 Å². The predicted octanol–water partition coefficient (Wildman–Crippen LogP) is 3.45. The van der Waals surface area contributed by atoms with Crippen LogP contribution >= 0.6 is 0 Å². The molecule has 0 bridgehead atoms. The van der Waals surface area contributed by atoms with Gasteiger partial charge in [0.2, 0.25) is 0 Å². The van der Waals surface area contributed by atoms with Gasteiger partial charge < -0.3 is 28.5 Å². The summed E-state index contributed by atoms with van der Waals surface area (Å²) in [5.41, 5.74) is -0.0297. The summed E-state index contributed by atoms with van der Waals surface area (Å²) in [6.07, 6.45) is -1.17. The van der Waals surface area contributed by atoms with E-state index in [9.17, 15) is 29.3 Å². The molecule has 0 aromatic heterocycles. The lowest BCUT2D eigenvalue weighted by atomic mass is 10.1. The zero-order valence-electron chi connectivity index (χ0n) is 20.1. The van der Waals surface area contributed by atoms with Crippen molar-refractivity contribution in [2.24, 2.45) is 0 Å². The highest BCUT2D eigenvalue weighted by atomic mass is 16.7. The number of hydrogen-bond donors (Lipinski definition) is 0. The normalized spacial score (nSPS) is 12.2. The fourth-order valence-electron chi connectivity index (χ4n) is 2.96. The molecule has 0 N–H and O–H groups in total. The van der Waals surface area contributed by atoms with Gasteiger partial charge in [0.15, 0.2) is 6.10 Å². The number of ketones is 1. The fourth-order valence-corrected chi connectivity index (χ4v) is 2.96. The smallest absolute Gasteiger partial charge is 0.457 e. The number of Topliss-reactive ketones (excluding diaryl/α,β-unsaturated/α-hetero) is 1. The second-order valence-corrected chi connectivity index (χ2v) is 7.61. The van der Waals surface area contributed by atoms with E-state index in [2.05, 4.69) is 0 Å². The summed E-state index contributed by atoms with van der Waals surface area (Å²) >= 11 is 0. The minimum atomic E-state index is -0.990. The Balaban J connectivity index is 2.42. The topological polar surface area (TPSA) is 158 Å². The molecule has 0 saturated heterocycles. The van der Waals surface area contributed by atoms with Gasteiger partial charge >= 0.3 is 18.1 Å². The number of nitro benzene ring substituents is 1. The highest BCUT2D eigenvalue weighted by Gasteiger charge is 2.24. The van der Waals surface area contributed by atoms with E-state index in [-0.39, 0.29) is 36.9 Å². The molecule has 12 nitrogen and oxygen atoms in total. The first-order valence-corrected chi connectivity index (χ1v) is 11.0. The van der Waals surface area contributed by atoms with Gasteiger partial charge in [-0.05, 0) is 39.2 Å². The molecule has 2 unspecified atom stereocenters. The largest absolute Gasteiger partial charge is 0.508 e. The third-order valence-corrected chi connectivity index (χ3v) is 4.60. The number of nitrogens with zero attached hydrogens (tertiary/aromatic N) is 1. The quantitative estimate of drug-likeness (QED) is 0.0822. The summed E-state index contributed by atoms with van der Waals surface area (Å²) in [6, 6.07) is 5.78. The number of esters is 2. The van der Waals surface area contributed by atoms with Gasteiger partial charge in [0, 0.05) is 19.6 Å². The fraction of sp³-hybridized carbons (Fsp3) is 0.565. The maximum Gasteiger partial charge on any atom is 0.508 e. The highest BCUT2D eigenvalue weighted by molar-refractivity contribution is 5.91. The van der Waals surface area contributed by atoms with Crippen LogP contribution in [0.15, 0.2) is 24.3 Å². The molecule has 0 aliphatic heterocycles. The second-order valence-electron chi connectivity index (χ2n) is 7.61. The minimum absolute atomic E-state index is 0.104. The molecule has 1 aromatic carbocycles. The molecule has 12 heteroatoms. The number of nitro groups is 1. The van der Waals surface area contributed by atoms with E-state index >= 15 is 0 Å². The lowest BCUT2D eigenvalue weighted by Crippen LogP contribution is -2.30. The van der Waals surface area contributed by atoms with E-state index in [4.69, 9.17) is 23.7 Å². The summed E-state index contributed by atoms with van der Waals surface area (Å²) in [4.78, 5) is 57.3. The van der Waals surface area contributed by atoms with Gasteiger partial charge in [-0.3, -0.25) is 19.7 Å². The first-order chi connectivity index (χ1) is 16.6. The van der Waals surface area contributed by atoms with Gasteiger partial charge in [-0.1, -0.05) is 12.1 Å². The van der Waals surface area contributed by atoms with E-state index in [1.165, 1.54) is 39.2 Å². The number of hydrogen-bond acceptors (Lipinski definition) is 11. The molecule has 2 atom stereocenters. The van der Waals surface area contributed by atoms with E-state index in [1.807, 2.05) is 0 Å². The molecule has 0 aliphatic rings. The lowest BCUT2D eigenvalue weighted by Gasteiger charge is -2.17. The van der Waals surface area contributed by atoms with E-state index in [0.29, 0.717) is 19.3 Å². The molecule has 194 valence electrons. The SMILES string of the molecule is COCC(COC(=O)OCCCCCC(C)=O)OC(=O)CC(=O)OC(C)c1ccccc1[N+](=O)[O-]. The number of rotatable bonds is 16. The molecular formula is C23H31NO11. The number of ether oxygens (including phenoxy) is 5. The monoisotopic (exact) mass is 497 g/mol. The first-order valence-electron chi connectivity index (χ1n) is 11.0. The van der Waals surface area contributed by atoms with Crippen molar-refractivity contribution < 1.29 is 47.8 Å². The molecule has 0 spiro atoms. The molecule has 35 heavy (non-hydrogen) atoms. The number of benzene rings is 1. The average Bonchev–Trinajstić information content (AvgIpc) is 2.79. The zero-order valence-corrected chi connectivity index (χ0v) is 20.1. The zero-order chi connectivity index (χ0) is 26.2. The predicted molar refractivity (Wildman–Crippen MR) is 120 cm³/mol. The van der Waals surface area contributed by atoms with E-state index in [1.54, 1.807) is 6.07 Å². The van der Waals surface area contributed by atoms with Crippen LogP contribution in [-0.4, -0.2) is 61.8 Å². The summed E-state index contributed by atoms with van der Waals surface area (Å²) < 4.78 is 25.0. The summed E-state index contributed by atoms with van der Waals surface area (Å²) in [6.45, 7) is 2.62. The van der Waals surface area contributed by atoms with Gasteiger partial charge in [0.05, 0.1) is 23.7 Å². The molecule has 0 aliphatic carbocycles. The van der Waals surface area contributed by atoms with Crippen molar-refractivity contribution in [2.45, 2.75) is 58.2 Å². The Morgan fingerprint density at radius 2 is 1.66 bits per heavy atom. The maximum absolute atomic E-state index is 12.1. The third kappa shape index (κ3) is 12.5. The maximum atomic E-state index is 12.1. The average molecular weight is 497 g/mol. The van der Waals surface area contributed by atoms with Gasteiger partial charge in [0.1, 0.15) is 24.9 Å². The van der Waals surface area contributed by atoms with Crippen LogP contribution in [0.4, 0.5) is 10.5 Å². The van der Waals surface area contributed by atoms with Gasteiger partial charge in [0.25, 0.3) is 5.69 Å². The van der Waals surface area contributed by atoms with Crippen molar-refractivity contribution in [3.05, 3.63) is 39.9 Å². The Bertz CT molecular complexity index is 871. The van der Waals surface area contributed by atoms with Gasteiger partial charge in [-0.2, -0.15) is 0 Å². The van der Waals surface area contributed by atoms with Gasteiger partial charge in [-0.15, -0.1) is 0 Å². The first kappa shape index (κ1) is 29.5. The molecule has 0 amide bonds. The van der Waals surface area contributed by atoms with Crippen LogP contribution in [0.1, 0.15) is 57.6 Å². The number of unbranched alkanes of at least 4 members (excludes halogenated alkanes) is 2. The second kappa shape index (κ2) is 16.1. The Morgan fingerprint density at radius 1 is 0.971 bits per heavy atom. The summed E-state index contributed by atoms with van der Waals surface area (Å²) in [7, 11) is 1.35. The van der Waals surface area contributed by atoms with Crippen LogP contribution in [0.3, 0.4) is 0 Å². The minimum Gasteiger partial charge on any atom is -0.457 e. The molecule has 1 aromatic rings. The van der Waals surface area contributed by atoms with E-state index in [0.717, 1.165) is 6.42 Å². The van der Waals surface area contributed by atoms with Gasteiger partial charge in [-0.25, -0.2) is 4.79 Å². The van der Waals surface area contributed by atoms with Crippen LogP contribution in [0.25, 0.3) is 0 Å². The van der Waals surface area contributed by atoms with Crippen LogP contribution in [0, 0.1) is 10.1 Å². The Hall–Kier alpha value is -3.54. The highest BCUT2D eigenvalue weighted by Crippen LogP contribution is 2.27. The van der Waals surface area contributed by atoms with Crippen LogP contribution in [-0.2, 0) is 38.1 Å². The molecule has 0 radical (unpaired) electrons. The molecule has 0 heterocycles. The summed E-state index contributed by atoms with van der Waals surface area (Å²) in [5, 5.41) is 11.1. The third-order valence-electron chi connectivity index (χ3n) is 4.60. The van der Waals surface area contributed by atoms with Crippen molar-refractivity contribution in [1.82, 2.24) is 0 Å². The number of para-hydroxylation sites is 1. The standard InChI is InChI=1S/C23H31NO11/c1-16(25)9-5-4-8-12-32-23(28)33-15-18(14-31-3)35-22(27)13-21(26)34-17(2)19-10-6-7-11-20(19)24(29)30/h6-7,10-11,17-18H,4-5,8-9,12-15H2,1-3H3. The molecule has 0 saturated carbocycles. The Labute approximate surface area is 203 Å². The molecule has 0 fully saturated rings. The number of carbonyl (C=O) groups is 4. The Morgan fingerprint density at radius 3 is 2.31 bits per heavy atom.